The third kappa shape index (κ3) is 6.02. The normalized spacial score (nSPS) is 20.2. The number of hydrogen-bond acceptors (Lipinski definition) is 2. The Hall–Kier alpha value is -2.44. The van der Waals surface area contributed by atoms with Crippen molar-refractivity contribution in [3.05, 3.63) is 42.5 Å². The van der Waals surface area contributed by atoms with E-state index in [9.17, 15) is 9.59 Å². The van der Waals surface area contributed by atoms with Crippen LogP contribution in [0.15, 0.2) is 42.5 Å². The maximum absolute atomic E-state index is 12.8. The van der Waals surface area contributed by atoms with E-state index in [1.165, 1.54) is 15.2 Å². The molecule has 0 saturated carbocycles. The van der Waals surface area contributed by atoms with Gasteiger partial charge in [-0.1, -0.05) is 43.7 Å². The van der Waals surface area contributed by atoms with Crippen LogP contribution in [-0.2, 0) is 9.59 Å². The number of nitrogens with one attached hydrogen (secondary N) is 4. The number of carbonyl (C=O) groups is 2. The Morgan fingerprint density at radius 1 is 1.03 bits per heavy atom. The fourth-order valence-electron chi connectivity index (χ4n) is 3.93. The Labute approximate surface area is 173 Å². The van der Waals surface area contributed by atoms with Crippen LogP contribution >= 0.6 is 0 Å². The number of fused-ring (bicyclic) bond motifs is 1. The van der Waals surface area contributed by atoms with E-state index in [1.54, 1.807) is 0 Å². The van der Waals surface area contributed by atoms with Crippen LogP contribution in [-0.4, -0.2) is 57.1 Å². The minimum absolute atomic E-state index is 0.0519. The number of anilines is 1. The predicted octanol–water partition coefficient (Wildman–Crippen LogP) is -0.133. The molecule has 1 aliphatic rings. The summed E-state index contributed by atoms with van der Waals surface area (Å²) in [7, 11) is 0. The minimum atomic E-state index is -0.110. The van der Waals surface area contributed by atoms with Gasteiger partial charge in [-0.15, -0.1) is 0 Å². The summed E-state index contributed by atoms with van der Waals surface area (Å²) in [6.07, 6.45) is 2.12. The smallest absolute Gasteiger partial charge is 0.282 e. The molecule has 1 saturated heterocycles. The monoisotopic (exact) mass is 398 g/mol. The predicted molar refractivity (Wildman–Crippen MR) is 116 cm³/mol. The lowest BCUT2D eigenvalue weighted by Gasteiger charge is -2.32. The van der Waals surface area contributed by atoms with Gasteiger partial charge in [-0.25, -0.2) is 0 Å². The van der Waals surface area contributed by atoms with Gasteiger partial charge in [0.25, 0.3) is 11.8 Å². The first-order valence-corrected chi connectivity index (χ1v) is 10.8. The fourth-order valence-corrected chi connectivity index (χ4v) is 3.93. The van der Waals surface area contributed by atoms with E-state index in [2.05, 4.69) is 29.7 Å². The molecule has 2 amide bonds. The minimum Gasteiger partial charge on any atom is -0.351 e. The van der Waals surface area contributed by atoms with E-state index in [4.69, 9.17) is 0 Å². The van der Waals surface area contributed by atoms with Gasteiger partial charge in [-0.2, -0.15) is 0 Å². The molecule has 0 unspecified atom stereocenters. The van der Waals surface area contributed by atoms with Gasteiger partial charge in [-0.3, -0.25) is 9.59 Å². The van der Waals surface area contributed by atoms with Crippen molar-refractivity contribution in [2.45, 2.75) is 32.7 Å². The molecule has 1 fully saturated rings. The molecule has 0 bridgehead atoms. The van der Waals surface area contributed by atoms with Gasteiger partial charge in [0, 0.05) is 12.2 Å². The molecule has 4 N–H and O–H groups in total. The Kier molecular flexibility index (Phi) is 7.61. The number of carbonyl (C=O) groups excluding carboxylic acids is 2. The zero-order valence-electron chi connectivity index (χ0n) is 17.6. The maximum Gasteiger partial charge on any atom is 0.282 e. The molecule has 3 rings (SSSR count). The molecule has 2 aromatic rings. The molecule has 1 heterocycles. The Morgan fingerprint density at radius 2 is 1.76 bits per heavy atom. The van der Waals surface area contributed by atoms with Crippen LogP contribution < -0.4 is 20.4 Å². The molecule has 0 aromatic heterocycles. The zero-order chi connectivity index (χ0) is 20.6. The first-order chi connectivity index (χ1) is 14.1. The number of quaternary nitrogens is 2. The fraction of sp³-hybridized carbons (Fsp3) is 0.478. The molecular weight excluding hydrogens is 364 g/mol. The van der Waals surface area contributed by atoms with E-state index in [-0.39, 0.29) is 17.9 Å². The van der Waals surface area contributed by atoms with Crippen LogP contribution in [0.3, 0.4) is 0 Å². The molecular formula is C23H34N4O2+2. The topological polar surface area (TPSA) is 67.1 Å². The second-order valence-electron chi connectivity index (χ2n) is 8.06. The standard InChI is InChI=1S/C23H32N4O2/c1-3-4-11-24-22(28)17-26-12-14-27(15-13-26)18(2)23(29)25-21-10-9-19-7-5-6-8-20(19)16-21/h5-10,16,18H,3-4,11-15,17H2,1-2H3,(H,24,28)(H,25,29)/p+2/t18-/m1/s1. The van der Waals surface area contributed by atoms with Crippen molar-refractivity contribution in [2.24, 2.45) is 0 Å². The maximum atomic E-state index is 12.8. The summed E-state index contributed by atoms with van der Waals surface area (Å²) in [4.78, 5) is 27.4. The second-order valence-corrected chi connectivity index (χ2v) is 8.06. The largest absolute Gasteiger partial charge is 0.351 e. The summed E-state index contributed by atoms with van der Waals surface area (Å²) in [6, 6.07) is 14.1. The Balaban J connectivity index is 1.46. The van der Waals surface area contributed by atoms with Crippen molar-refractivity contribution in [1.29, 1.82) is 0 Å². The molecule has 156 valence electrons. The highest BCUT2D eigenvalue weighted by atomic mass is 16.2. The van der Waals surface area contributed by atoms with Crippen LogP contribution in [0.2, 0.25) is 0 Å². The Bertz CT molecular complexity index is 830. The molecule has 29 heavy (non-hydrogen) atoms. The second kappa shape index (κ2) is 10.4. The van der Waals surface area contributed by atoms with Gasteiger partial charge in [-0.05, 0) is 36.2 Å². The van der Waals surface area contributed by atoms with Crippen molar-refractivity contribution in [3.8, 4) is 0 Å². The molecule has 6 nitrogen and oxygen atoms in total. The number of hydrogen-bond donors (Lipinski definition) is 4. The summed E-state index contributed by atoms with van der Waals surface area (Å²) in [5.74, 6) is 0.190. The van der Waals surface area contributed by atoms with E-state index in [1.807, 2.05) is 37.3 Å². The lowest BCUT2D eigenvalue weighted by Crippen LogP contribution is -3.30. The summed E-state index contributed by atoms with van der Waals surface area (Å²) in [6.45, 7) is 9.08. The number of piperazine rings is 1. The number of rotatable bonds is 8. The first kappa shape index (κ1) is 21.3. The lowest BCUT2D eigenvalue weighted by atomic mass is 10.1. The van der Waals surface area contributed by atoms with E-state index in [0.29, 0.717) is 6.54 Å². The quantitative estimate of drug-likeness (QED) is 0.468. The summed E-state index contributed by atoms with van der Waals surface area (Å²) < 4.78 is 0. The lowest BCUT2D eigenvalue weighted by molar-refractivity contribution is -1.01. The number of unbranched alkanes of at least 4 members (excludes halogenated alkanes) is 1. The molecule has 1 atom stereocenters. The molecule has 0 spiro atoms. The van der Waals surface area contributed by atoms with Gasteiger partial charge in [0.2, 0.25) is 0 Å². The van der Waals surface area contributed by atoms with Gasteiger partial charge in [0.1, 0.15) is 26.2 Å². The average molecular weight is 399 g/mol. The van der Waals surface area contributed by atoms with Gasteiger partial charge >= 0.3 is 0 Å². The molecule has 6 heteroatoms. The third-order valence-electron chi connectivity index (χ3n) is 5.89. The number of benzene rings is 2. The van der Waals surface area contributed by atoms with Crippen LogP contribution in [0.4, 0.5) is 5.69 Å². The van der Waals surface area contributed by atoms with Crippen molar-refractivity contribution >= 4 is 28.3 Å². The van der Waals surface area contributed by atoms with Crippen LogP contribution in [0.1, 0.15) is 26.7 Å². The van der Waals surface area contributed by atoms with Gasteiger partial charge in [0.05, 0.1) is 0 Å². The van der Waals surface area contributed by atoms with E-state index < -0.39 is 0 Å². The van der Waals surface area contributed by atoms with Crippen LogP contribution in [0.5, 0.6) is 0 Å². The Morgan fingerprint density at radius 3 is 2.48 bits per heavy atom. The van der Waals surface area contributed by atoms with Crippen LogP contribution in [0.25, 0.3) is 10.8 Å². The molecule has 2 aromatic carbocycles. The highest BCUT2D eigenvalue weighted by Crippen LogP contribution is 2.18. The van der Waals surface area contributed by atoms with Crippen molar-refractivity contribution in [2.75, 3.05) is 44.6 Å². The summed E-state index contributed by atoms with van der Waals surface area (Å²) in [5, 5.41) is 8.36. The number of amides is 2. The van der Waals surface area contributed by atoms with Crippen molar-refractivity contribution in [3.63, 3.8) is 0 Å². The third-order valence-corrected chi connectivity index (χ3v) is 5.89. The van der Waals surface area contributed by atoms with Crippen molar-refractivity contribution < 1.29 is 19.4 Å². The van der Waals surface area contributed by atoms with E-state index in [0.717, 1.165) is 56.6 Å². The SMILES string of the molecule is CCCCNC(=O)C[NH+]1CC[NH+]([C@H](C)C(=O)Nc2ccc3ccccc3c2)CC1. The highest BCUT2D eigenvalue weighted by Gasteiger charge is 2.31. The van der Waals surface area contributed by atoms with Gasteiger partial charge < -0.3 is 20.4 Å². The van der Waals surface area contributed by atoms with Crippen molar-refractivity contribution in [1.82, 2.24) is 5.32 Å². The van der Waals surface area contributed by atoms with Crippen LogP contribution in [0, 0.1) is 0 Å². The zero-order valence-corrected chi connectivity index (χ0v) is 17.6. The molecule has 0 aliphatic carbocycles. The summed E-state index contributed by atoms with van der Waals surface area (Å²) in [5.41, 5.74) is 0.841. The average Bonchev–Trinajstić information content (AvgIpc) is 2.74. The van der Waals surface area contributed by atoms with E-state index >= 15 is 0 Å². The first-order valence-electron chi connectivity index (χ1n) is 10.8. The molecule has 1 aliphatic heterocycles. The molecule has 0 radical (unpaired) electrons. The summed E-state index contributed by atoms with van der Waals surface area (Å²) >= 11 is 0. The van der Waals surface area contributed by atoms with Gasteiger partial charge in [0.15, 0.2) is 12.6 Å². The highest BCUT2D eigenvalue weighted by molar-refractivity contribution is 5.96.